The molecule has 0 amide bonds. The predicted octanol–water partition coefficient (Wildman–Crippen LogP) is 2.81. The highest BCUT2D eigenvalue weighted by molar-refractivity contribution is 5.58. The number of aryl methyl sites for hydroxylation is 1. The van der Waals surface area contributed by atoms with Crippen molar-refractivity contribution in [2.24, 2.45) is 0 Å². The Labute approximate surface area is 126 Å². The van der Waals surface area contributed by atoms with Crippen LogP contribution >= 0.6 is 0 Å². The van der Waals surface area contributed by atoms with Gasteiger partial charge in [-0.2, -0.15) is 0 Å². The maximum atomic E-state index is 4.73. The van der Waals surface area contributed by atoms with Crippen molar-refractivity contribution in [3.05, 3.63) is 41.5 Å². The Balaban J connectivity index is 2.30. The number of hydrogen-bond acceptors (Lipinski definition) is 5. The molecule has 0 aliphatic rings. The molecule has 0 bridgehead atoms. The van der Waals surface area contributed by atoms with Crippen molar-refractivity contribution in [2.45, 2.75) is 33.2 Å². The topological polar surface area (TPSA) is 53.9 Å². The Hall–Kier alpha value is -2.17. The second kappa shape index (κ2) is 7.02. The first-order chi connectivity index (χ1) is 10.2. The molecule has 2 aromatic heterocycles. The summed E-state index contributed by atoms with van der Waals surface area (Å²) in [7, 11) is 3.96. The zero-order valence-corrected chi connectivity index (χ0v) is 13.2. The van der Waals surface area contributed by atoms with Gasteiger partial charge in [0.1, 0.15) is 17.5 Å². The normalized spacial score (nSPS) is 10.5. The lowest BCUT2D eigenvalue weighted by Gasteiger charge is -2.22. The number of rotatable bonds is 6. The van der Waals surface area contributed by atoms with E-state index < -0.39 is 0 Å². The molecule has 0 unspecified atom stereocenters. The van der Waals surface area contributed by atoms with Gasteiger partial charge in [-0.15, -0.1) is 0 Å². The van der Waals surface area contributed by atoms with Crippen LogP contribution in [0, 0.1) is 6.92 Å². The fourth-order valence-electron chi connectivity index (χ4n) is 2.34. The molecule has 5 nitrogen and oxygen atoms in total. The smallest absolute Gasteiger partial charge is 0.137 e. The van der Waals surface area contributed by atoms with E-state index in [2.05, 4.69) is 41.1 Å². The molecule has 21 heavy (non-hydrogen) atoms. The number of anilines is 2. The van der Waals surface area contributed by atoms with Crippen LogP contribution in [-0.2, 0) is 13.0 Å². The number of nitrogens with zero attached hydrogens (tertiary/aromatic N) is 4. The summed E-state index contributed by atoms with van der Waals surface area (Å²) in [6.45, 7) is 5.00. The van der Waals surface area contributed by atoms with Gasteiger partial charge in [0.15, 0.2) is 0 Å². The predicted molar refractivity (Wildman–Crippen MR) is 86.7 cm³/mol. The van der Waals surface area contributed by atoms with Gasteiger partial charge in [0.25, 0.3) is 0 Å². The lowest BCUT2D eigenvalue weighted by atomic mass is 10.2. The third kappa shape index (κ3) is 3.68. The number of hydrogen-bond donors (Lipinski definition) is 1. The molecule has 1 N–H and O–H groups in total. The van der Waals surface area contributed by atoms with E-state index in [1.54, 1.807) is 0 Å². The van der Waals surface area contributed by atoms with Crippen LogP contribution in [0.3, 0.4) is 0 Å². The van der Waals surface area contributed by atoms with E-state index >= 15 is 0 Å². The first-order valence-electron chi connectivity index (χ1n) is 7.31. The van der Waals surface area contributed by atoms with Crippen molar-refractivity contribution in [1.82, 2.24) is 15.0 Å². The molecule has 2 heterocycles. The molecule has 0 radical (unpaired) electrons. The van der Waals surface area contributed by atoms with Crippen LogP contribution in [0.1, 0.15) is 30.3 Å². The number of pyridine rings is 1. The van der Waals surface area contributed by atoms with Gasteiger partial charge in [-0.3, -0.25) is 4.98 Å². The standard InChI is InChI=1S/C16H23N5/c1-5-6-14-19-15(17-3)12(2)16(20-14)21(4)11-13-7-9-18-10-8-13/h7-10H,5-6,11H2,1-4H3,(H,17,19,20). The SMILES string of the molecule is CCCc1nc(NC)c(C)c(N(C)Cc2ccncc2)n1. The highest BCUT2D eigenvalue weighted by Gasteiger charge is 2.13. The van der Waals surface area contributed by atoms with E-state index in [0.717, 1.165) is 42.4 Å². The zero-order valence-electron chi connectivity index (χ0n) is 13.2. The molecular formula is C16H23N5. The van der Waals surface area contributed by atoms with Crippen molar-refractivity contribution < 1.29 is 0 Å². The molecule has 0 aliphatic heterocycles. The monoisotopic (exact) mass is 285 g/mol. The molecule has 2 rings (SSSR count). The van der Waals surface area contributed by atoms with Gasteiger partial charge in [-0.1, -0.05) is 6.92 Å². The van der Waals surface area contributed by atoms with E-state index in [-0.39, 0.29) is 0 Å². The Kier molecular flexibility index (Phi) is 5.09. The molecule has 0 aliphatic carbocycles. The van der Waals surface area contributed by atoms with Crippen molar-refractivity contribution in [3.8, 4) is 0 Å². The van der Waals surface area contributed by atoms with Crippen molar-refractivity contribution in [1.29, 1.82) is 0 Å². The lowest BCUT2D eigenvalue weighted by Crippen LogP contribution is -2.21. The zero-order chi connectivity index (χ0) is 15.2. The summed E-state index contributed by atoms with van der Waals surface area (Å²) in [5.41, 5.74) is 2.29. The Bertz CT molecular complexity index is 583. The minimum absolute atomic E-state index is 0.801. The van der Waals surface area contributed by atoms with Crippen LogP contribution < -0.4 is 10.2 Å². The van der Waals surface area contributed by atoms with Gasteiger partial charge < -0.3 is 10.2 Å². The van der Waals surface area contributed by atoms with E-state index in [9.17, 15) is 0 Å². The lowest BCUT2D eigenvalue weighted by molar-refractivity contribution is 0.807. The van der Waals surface area contributed by atoms with E-state index in [4.69, 9.17) is 4.98 Å². The third-order valence-corrected chi connectivity index (χ3v) is 3.41. The summed E-state index contributed by atoms with van der Waals surface area (Å²) in [5.74, 6) is 2.78. The summed E-state index contributed by atoms with van der Waals surface area (Å²) in [4.78, 5) is 15.5. The molecule has 112 valence electrons. The summed E-state index contributed by atoms with van der Waals surface area (Å²) in [6, 6.07) is 4.05. The molecule has 0 fully saturated rings. The van der Waals surface area contributed by atoms with E-state index in [1.165, 1.54) is 5.56 Å². The Morgan fingerprint density at radius 3 is 2.52 bits per heavy atom. The van der Waals surface area contributed by atoms with E-state index in [0.29, 0.717) is 0 Å². The first-order valence-corrected chi connectivity index (χ1v) is 7.31. The fourth-order valence-corrected chi connectivity index (χ4v) is 2.34. The van der Waals surface area contributed by atoms with Crippen LogP contribution in [0.4, 0.5) is 11.6 Å². The second-order valence-corrected chi connectivity index (χ2v) is 5.15. The quantitative estimate of drug-likeness (QED) is 0.884. The minimum atomic E-state index is 0.801. The Morgan fingerprint density at radius 2 is 1.90 bits per heavy atom. The van der Waals surface area contributed by atoms with Crippen LogP contribution in [0.5, 0.6) is 0 Å². The Morgan fingerprint density at radius 1 is 1.19 bits per heavy atom. The van der Waals surface area contributed by atoms with Crippen LogP contribution in [0.25, 0.3) is 0 Å². The van der Waals surface area contributed by atoms with Crippen molar-refractivity contribution >= 4 is 11.6 Å². The molecule has 0 saturated carbocycles. The summed E-state index contributed by atoms with van der Waals surface area (Å²) in [5, 5.41) is 3.17. The van der Waals surface area contributed by atoms with Gasteiger partial charge in [-0.25, -0.2) is 9.97 Å². The molecule has 5 heteroatoms. The van der Waals surface area contributed by atoms with Crippen LogP contribution in [0.15, 0.2) is 24.5 Å². The first kappa shape index (κ1) is 15.2. The molecule has 2 aromatic rings. The number of aromatic nitrogens is 3. The molecule has 0 spiro atoms. The van der Waals surface area contributed by atoms with Crippen LogP contribution in [0.2, 0.25) is 0 Å². The van der Waals surface area contributed by atoms with Gasteiger partial charge in [0.05, 0.1) is 0 Å². The van der Waals surface area contributed by atoms with Gasteiger partial charge in [0.2, 0.25) is 0 Å². The summed E-state index contributed by atoms with van der Waals surface area (Å²) < 4.78 is 0. The largest absolute Gasteiger partial charge is 0.373 e. The molecular weight excluding hydrogens is 262 g/mol. The third-order valence-electron chi connectivity index (χ3n) is 3.41. The highest BCUT2D eigenvalue weighted by Crippen LogP contribution is 2.24. The van der Waals surface area contributed by atoms with Crippen LogP contribution in [-0.4, -0.2) is 29.0 Å². The second-order valence-electron chi connectivity index (χ2n) is 5.15. The molecule has 0 atom stereocenters. The summed E-state index contributed by atoms with van der Waals surface area (Å²) in [6.07, 6.45) is 5.57. The van der Waals surface area contributed by atoms with E-state index in [1.807, 2.05) is 31.6 Å². The van der Waals surface area contributed by atoms with Gasteiger partial charge in [-0.05, 0) is 31.0 Å². The maximum Gasteiger partial charge on any atom is 0.137 e. The maximum absolute atomic E-state index is 4.73. The highest BCUT2D eigenvalue weighted by atomic mass is 15.2. The van der Waals surface area contributed by atoms with Gasteiger partial charge >= 0.3 is 0 Å². The minimum Gasteiger partial charge on any atom is -0.373 e. The fraction of sp³-hybridized carbons (Fsp3) is 0.438. The average Bonchev–Trinajstić information content (AvgIpc) is 2.50. The van der Waals surface area contributed by atoms with Crippen molar-refractivity contribution in [2.75, 3.05) is 24.3 Å². The average molecular weight is 285 g/mol. The van der Waals surface area contributed by atoms with Crippen molar-refractivity contribution in [3.63, 3.8) is 0 Å². The summed E-state index contributed by atoms with van der Waals surface area (Å²) >= 11 is 0. The van der Waals surface area contributed by atoms with Gasteiger partial charge in [0, 0.05) is 45.0 Å². The molecule has 0 saturated heterocycles. The number of nitrogens with one attached hydrogen (secondary N) is 1. The molecule has 0 aromatic carbocycles.